The lowest BCUT2D eigenvalue weighted by molar-refractivity contribution is 0.490. The van der Waals surface area contributed by atoms with Crippen molar-refractivity contribution in [1.29, 1.82) is 0 Å². The summed E-state index contributed by atoms with van der Waals surface area (Å²) < 4.78 is 0. The highest BCUT2D eigenvalue weighted by Gasteiger charge is 2.36. The van der Waals surface area contributed by atoms with Crippen LogP contribution in [0.2, 0.25) is 107 Å². The fourth-order valence-electron chi connectivity index (χ4n) is 8.58. The molecule has 0 nitrogen and oxygen atoms in total. The molecular formula is C51H90Al2Si3. The second-order valence-corrected chi connectivity index (χ2v) is 45.9. The quantitative estimate of drug-likeness (QED) is 0.0938. The third-order valence-electron chi connectivity index (χ3n) is 15.1. The van der Waals surface area contributed by atoms with Crippen LogP contribution in [0, 0.1) is 17.8 Å². The lowest BCUT2D eigenvalue weighted by Gasteiger charge is -2.34. The maximum Gasteiger partial charge on any atom is 0.262 e. The molecule has 0 saturated heterocycles. The standard InChI is InChI=1S/3C11H15.3C6H15Si.2Al/c3*1-9(2)10(3)11-7-5-4-6-8-11;3*1-6(2)7(3,4)5;;/h3*4-10H,1H2,2-3H3;3*6H,1H2,2-5H3;;. The molecule has 9 atom stereocenters. The van der Waals surface area contributed by atoms with Gasteiger partial charge in [-0.05, 0) is 52.2 Å². The van der Waals surface area contributed by atoms with Gasteiger partial charge in [-0.2, -0.15) is 0 Å². The Labute approximate surface area is 362 Å². The van der Waals surface area contributed by atoms with Crippen LogP contribution >= 0.6 is 0 Å². The van der Waals surface area contributed by atoms with Crippen molar-refractivity contribution < 1.29 is 0 Å². The van der Waals surface area contributed by atoms with E-state index in [2.05, 4.69) is 212 Å². The largest absolute Gasteiger partial charge is 0.262 e. The van der Waals surface area contributed by atoms with Crippen molar-refractivity contribution in [1.82, 2.24) is 0 Å². The third kappa shape index (κ3) is 18.3. The molecule has 0 aliphatic rings. The first-order chi connectivity index (χ1) is 25.9. The fourth-order valence-corrected chi connectivity index (χ4v) is 28.6. The first-order valence-corrected chi connectivity index (χ1v) is 38.7. The summed E-state index contributed by atoms with van der Waals surface area (Å²) in [5.74, 6) is 4.08. The zero-order chi connectivity index (χ0) is 42.4. The van der Waals surface area contributed by atoms with Crippen LogP contribution in [0.5, 0.6) is 0 Å². The molecular weight excluding hydrogens is 751 g/mol. The SMILES string of the molecule is CC([CH2][Al]([CH2]C(C)C(C)c1ccccc1)[CH2]C(C)C(C)c1ccccc1)C(C)c1ccccc1.CC([CH2][Al]([CH2]C(C)[Si](C)(C)C)[CH2]C(C)[Si](C)(C)C)[Si](C)(C)C. The average Bonchev–Trinajstić information content (AvgIpc) is 3.13. The summed E-state index contributed by atoms with van der Waals surface area (Å²) in [5, 5.41) is 9.19. The highest BCUT2D eigenvalue weighted by molar-refractivity contribution is 6.82. The number of hydrogen-bond acceptors (Lipinski definition) is 0. The molecule has 0 aliphatic carbocycles. The maximum atomic E-state index is 2.58. The molecule has 0 radical (unpaired) electrons. The molecule has 0 fully saturated rings. The predicted molar refractivity (Wildman–Crippen MR) is 271 cm³/mol. The van der Waals surface area contributed by atoms with E-state index in [-0.39, 0.29) is 0 Å². The van der Waals surface area contributed by atoms with Crippen molar-refractivity contribution in [2.75, 3.05) is 0 Å². The van der Waals surface area contributed by atoms with Crippen molar-refractivity contribution in [3.8, 4) is 0 Å². The van der Waals surface area contributed by atoms with Gasteiger partial charge in [-0.25, -0.2) is 0 Å². The molecule has 0 amide bonds. The van der Waals surface area contributed by atoms with Crippen molar-refractivity contribution in [2.45, 2.75) is 187 Å². The topological polar surface area (TPSA) is 0 Å². The van der Waals surface area contributed by atoms with Crippen molar-refractivity contribution >= 4 is 52.5 Å². The molecule has 0 saturated carbocycles. The van der Waals surface area contributed by atoms with Gasteiger partial charge in [-0.1, -0.05) is 261 Å². The monoisotopic (exact) mass is 841 g/mol. The van der Waals surface area contributed by atoms with Crippen LogP contribution < -0.4 is 0 Å². The van der Waals surface area contributed by atoms with Crippen molar-refractivity contribution in [3.63, 3.8) is 0 Å². The van der Waals surface area contributed by atoms with Crippen molar-refractivity contribution in [2.24, 2.45) is 17.8 Å². The summed E-state index contributed by atoms with van der Waals surface area (Å²) in [7, 11) is -2.88. The second-order valence-electron chi connectivity index (χ2n) is 22.5. The van der Waals surface area contributed by atoms with E-state index in [9.17, 15) is 0 Å². The Morgan fingerprint density at radius 3 is 0.714 bits per heavy atom. The van der Waals surface area contributed by atoms with Gasteiger partial charge in [0.2, 0.25) is 0 Å². The van der Waals surface area contributed by atoms with E-state index in [0.717, 1.165) is 34.4 Å². The molecule has 3 aromatic carbocycles. The van der Waals surface area contributed by atoms with Crippen LogP contribution in [-0.4, -0.2) is 52.5 Å². The molecule has 56 heavy (non-hydrogen) atoms. The maximum absolute atomic E-state index is 2.58. The van der Waals surface area contributed by atoms with Crippen LogP contribution in [0.1, 0.15) is 96.8 Å². The summed E-state index contributed by atoms with van der Waals surface area (Å²) in [5.41, 5.74) is 7.56. The molecule has 0 aliphatic heterocycles. The molecule has 9 unspecified atom stereocenters. The van der Waals surface area contributed by atoms with Crippen LogP contribution in [0.25, 0.3) is 0 Å². The lowest BCUT2D eigenvalue weighted by atomic mass is 9.90. The summed E-state index contributed by atoms with van der Waals surface area (Å²) in [6, 6.07) is 33.5. The zero-order valence-electron chi connectivity index (χ0n) is 40.3. The second kappa shape index (κ2) is 24.0. The van der Waals surface area contributed by atoms with E-state index in [1.807, 2.05) is 0 Å². The molecule has 5 heteroatoms. The van der Waals surface area contributed by atoms with Gasteiger partial charge in [0.05, 0.1) is 0 Å². The molecule has 3 aromatic rings. The summed E-state index contributed by atoms with van der Waals surface area (Å²) in [6.45, 7) is 45.8. The Bertz CT molecular complexity index is 1280. The van der Waals surface area contributed by atoms with Crippen LogP contribution in [0.4, 0.5) is 0 Å². The first-order valence-electron chi connectivity index (χ1n) is 23.1. The molecule has 0 spiro atoms. The minimum absolute atomic E-state index is 0.603. The summed E-state index contributed by atoms with van der Waals surface area (Å²) >= 11 is -1.55. The minimum atomic E-state index is -0.960. The van der Waals surface area contributed by atoms with Crippen LogP contribution in [0.3, 0.4) is 0 Å². The van der Waals surface area contributed by atoms with Gasteiger partial charge < -0.3 is 0 Å². The Kier molecular flexibility index (Phi) is 22.1. The molecule has 0 heterocycles. The molecule has 0 N–H and O–H groups in total. The van der Waals surface area contributed by atoms with Gasteiger partial charge in [0, 0.05) is 24.2 Å². The Balaban J connectivity index is 0.000000428. The number of benzene rings is 3. The van der Waals surface area contributed by atoms with Gasteiger partial charge in [-0.15, -0.1) is 0 Å². The number of rotatable bonds is 21. The lowest BCUT2D eigenvalue weighted by Crippen LogP contribution is -2.36. The molecule has 3 rings (SSSR count). The highest BCUT2D eigenvalue weighted by atomic mass is 28.3. The van der Waals surface area contributed by atoms with Crippen LogP contribution in [0.15, 0.2) is 91.0 Å². The summed E-state index contributed by atoms with van der Waals surface area (Å²) in [6.07, 6.45) is 0. The van der Waals surface area contributed by atoms with Gasteiger partial charge in [-0.3, -0.25) is 0 Å². The average molecular weight is 842 g/mol. The van der Waals surface area contributed by atoms with E-state index in [1.54, 1.807) is 15.8 Å². The summed E-state index contributed by atoms with van der Waals surface area (Å²) in [4.78, 5) is 0. The van der Waals surface area contributed by atoms with E-state index in [0.29, 0.717) is 17.8 Å². The Morgan fingerprint density at radius 1 is 0.321 bits per heavy atom. The van der Waals surface area contributed by atoms with E-state index in [1.165, 1.54) is 32.5 Å². The van der Waals surface area contributed by atoms with Gasteiger partial charge in [0.25, 0.3) is 28.3 Å². The normalized spacial score (nSPS) is 17.2. The van der Waals surface area contributed by atoms with Gasteiger partial charge >= 0.3 is 0 Å². The smallest absolute Gasteiger partial charge is 0.0937 e. The highest BCUT2D eigenvalue weighted by Crippen LogP contribution is 2.39. The molecule has 312 valence electrons. The predicted octanol–water partition coefficient (Wildman–Crippen LogP) is 17.5. The van der Waals surface area contributed by atoms with E-state index >= 15 is 0 Å². The van der Waals surface area contributed by atoms with Gasteiger partial charge in [0.15, 0.2) is 0 Å². The molecule has 0 bridgehead atoms. The minimum Gasteiger partial charge on any atom is -0.0937 e. The number of hydrogen-bond donors (Lipinski definition) is 0. The zero-order valence-corrected chi connectivity index (χ0v) is 45.6. The third-order valence-corrected chi connectivity index (χ3v) is 34.5. The molecule has 0 aromatic heterocycles. The fraction of sp³-hybridized carbons (Fsp3) is 0.647. The Hall–Kier alpha value is -0.624. The van der Waals surface area contributed by atoms with Crippen molar-refractivity contribution in [3.05, 3.63) is 108 Å². The van der Waals surface area contributed by atoms with E-state index in [4.69, 9.17) is 0 Å². The first kappa shape index (κ1) is 51.5. The van der Waals surface area contributed by atoms with E-state index < -0.39 is 52.5 Å². The van der Waals surface area contributed by atoms with Crippen LogP contribution in [-0.2, 0) is 0 Å². The Morgan fingerprint density at radius 2 is 0.518 bits per heavy atom. The van der Waals surface area contributed by atoms with Gasteiger partial charge in [0.1, 0.15) is 0 Å².